The van der Waals surface area contributed by atoms with Gasteiger partial charge in [0, 0.05) is 11.4 Å². The maximum absolute atomic E-state index is 10.3. The van der Waals surface area contributed by atoms with Crippen LogP contribution in [0.3, 0.4) is 0 Å². The van der Waals surface area contributed by atoms with Crippen LogP contribution in [0, 0.1) is 22.7 Å². The molecule has 0 radical (unpaired) electrons. The van der Waals surface area contributed by atoms with Crippen molar-refractivity contribution < 1.29 is 10.2 Å². The third kappa shape index (κ3) is 3.60. The maximum atomic E-state index is 10.3. The van der Waals surface area contributed by atoms with Crippen molar-refractivity contribution in [1.29, 1.82) is 0 Å². The molecule has 0 spiro atoms. The van der Waals surface area contributed by atoms with E-state index in [2.05, 4.69) is 51.7 Å². The zero-order valence-corrected chi connectivity index (χ0v) is 14.9. The van der Waals surface area contributed by atoms with Crippen LogP contribution in [-0.2, 0) is 0 Å². The molecule has 0 bridgehead atoms. The highest BCUT2D eigenvalue weighted by Gasteiger charge is 2.40. The Morgan fingerprint density at radius 3 is 1.36 bits per heavy atom. The van der Waals surface area contributed by atoms with Gasteiger partial charge in [0.25, 0.3) is 0 Å². The molecule has 0 saturated heterocycles. The van der Waals surface area contributed by atoms with Gasteiger partial charge in [0.1, 0.15) is 0 Å². The fourth-order valence-corrected chi connectivity index (χ4v) is 4.21. The first-order valence-electron chi connectivity index (χ1n) is 8.50. The van der Waals surface area contributed by atoms with Crippen LogP contribution in [0.2, 0.25) is 0 Å². The van der Waals surface area contributed by atoms with Gasteiger partial charge in [0.05, 0.1) is 12.2 Å². The number of hydrogen-bond donors (Lipinski definition) is 2. The summed E-state index contributed by atoms with van der Waals surface area (Å²) in [6, 6.07) is 0. The number of rotatable bonds is 1. The minimum Gasteiger partial charge on any atom is -0.392 e. The van der Waals surface area contributed by atoms with Gasteiger partial charge in [-0.25, -0.2) is 0 Å². The molecular weight excluding hydrogens is 276 g/mol. The first kappa shape index (κ1) is 17.6. The molecule has 2 rings (SSSR count). The molecule has 4 nitrogen and oxygen atoms in total. The molecule has 0 aromatic rings. The van der Waals surface area contributed by atoms with Crippen molar-refractivity contribution in [2.75, 3.05) is 0 Å². The van der Waals surface area contributed by atoms with Crippen LogP contribution < -0.4 is 0 Å². The van der Waals surface area contributed by atoms with E-state index in [0.717, 1.165) is 37.1 Å². The van der Waals surface area contributed by atoms with Gasteiger partial charge < -0.3 is 10.2 Å². The summed E-state index contributed by atoms with van der Waals surface area (Å²) >= 11 is 0. The van der Waals surface area contributed by atoms with Crippen molar-refractivity contribution in [3.63, 3.8) is 0 Å². The van der Waals surface area contributed by atoms with Crippen molar-refractivity contribution >= 4 is 11.4 Å². The lowest BCUT2D eigenvalue weighted by atomic mass is 9.69. The highest BCUT2D eigenvalue weighted by Crippen LogP contribution is 2.39. The molecule has 0 aliphatic heterocycles. The summed E-state index contributed by atoms with van der Waals surface area (Å²) in [5, 5.41) is 29.6. The molecule has 0 amide bonds. The van der Waals surface area contributed by atoms with E-state index in [0.29, 0.717) is 0 Å². The van der Waals surface area contributed by atoms with Crippen molar-refractivity contribution in [3.05, 3.63) is 0 Å². The van der Waals surface area contributed by atoms with Crippen LogP contribution in [-0.4, -0.2) is 33.8 Å². The quantitative estimate of drug-likeness (QED) is 0.729. The average Bonchev–Trinajstić information content (AvgIpc) is 2.39. The lowest BCUT2D eigenvalue weighted by Crippen LogP contribution is -2.42. The fraction of sp³-hybridized carbons (Fsp3) is 0.889. The van der Waals surface area contributed by atoms with Gasteiger partial charge in [-0.15, -0.1) is 0 Å². The lowest BCUT2D eigenvalue weighted by Gasteiger charge is -2.40. The predicted molar refractivity (Wildman–Crippen MR) is 91.2 cm³/mol. The van der Waals surface area contributed by atoms with Gasteiger partial charge in [-0.1, -0.05) is 41.5 Å². The topological polar surface area (TPSA) is 65.2 Å². The second kappa shape index (κ2) is 6.04. The maximum Gasteiger partial charge on any atom is 0.0623 e. The zero-order valence-electron chi connectivity index (χ0n) is 14.9. The number of hydrogen-bond acceptors (Lipinski definition) is 4. The van der Waals surface area contributed by atoms with E-state index in [-0.39, 0.29) is 34.9 Å². The summed E-state index contributed by atoms with van der Waals surface area (Å²) in [5.41, 5.74) is 1.91. The van der Waals surface area contributed by atoms with Crippen molar-refractivity contribution in [2.45, 2.75) is 79.4 Å². The van der Waals surface area contributed by atoms with Gasteiger partial charge in [-0.05, 0) is 48.3 Å². The Kier molecular flexibility index (Phi) is 4.84. The van der Waals surface area contributed by atoms with Gasteiger partial charge in [0.2, 0.25) is 0 Å². The summed E-state index contributed by atoms with van der Waals surface area (Å²) < 4.78 is 0. The summed E-state index contributed by atoms with van der Waals surface area (Å²) in [6.45, 7) is 12.5. The molecule has 2 saturated carbocycles. The van der Waals surface area contributed by atoms with Crippen LogP contribution in [0.4, 0.5) is 0 Å². The third-order valence-corrected chi connectivity index (χ3v) is 5.45. The first-order valence-corrected chi connectivity index (χ1v) is 8.50. The monoisotopic (exact) mass is 308 g/mol. The minimum atomic E-state index is -0.275. The molecule has 0 aromatic heterocycles. The second-order valence-electron chi connectivity index (χ2n) is 8.92. The molecule has 4 unspecified atom stereocenters. The molecule has 4 heteroatoms. The summed E-state index contributed by atoms with van der Waals surface area (Å²) in [7, 11) is 0. The smallest absolute Gasteiger partial charge is 0.0623 e. The van der Waals surface area contributed by atoms with E-state index in [1.54, 1.807) is 0 Å². The lowest BCUT2D eigenvalue weighted by molar-refractivity contribution is 0.00241. The average molecular weight is 308 g/mol. The Hall–Kier alpha value is -0.740. The standard InChI is InChI=1S/C18H32N2O2/c1-11-7-13(9-17(3,4)15(11)21)19-20-14-8-12(2)16(22)18(5,6)10-14/h11-12,15-16,21-22H,7-10H2,1-6H3. The third-order valence-electron chi connectivity index (χ3n) is 5.45. The second-order valence-corrected chi connectivity index (χ2v) is 8.92. The normalized spacial score (nSPS) is 41.8. The largest absolute Gasteiger partial charge is 0.392 e. The summed E-state index contributed by atoms with van der Waals surface area (Å²) in [4.78, 5) is 0. The summed E-state index contributed by atoms with van der Waals surface area (Å²) in [6.07, 6.45) is 2.70. The molecule has 2 aliphatic rings. The van der Waals surface area contributed by atoms with Crippen LogP contribution >= 0.6 is 0 Å². The Labute approximate surface area is 134 Å². The Morgan fingerprint density at radius 2 is 1.09 bits per heavy atom. The molecule has 22 heavy (non-hydrogen) atoms. The van der Waals surface area contributed by atoms with E-state index in [1.165, 1.54) is 0 Å². The number of nitrogens with zero attached hydrogens (tertiary/aromatic N) is 2. The van der Waals surface area contributed by atoms with E-state index in [1.807, 2.05) is 0 Å². The molecule has 2 N–H and O–H groups in total. The van der Waals surface area contributed by atoms with E-state index >= 15 is 0 Å². The highest BCUT2D eigenvalue weighted by molar-refractivity contribution is 5.89. The van der Waals surface area contributed by atoms with Crippen LogP contribution in [0.1, 0.15) is 67.2 Å². The number of aliphatic hydroxyl groups is 2. The van der Waals surface area contributed by atoms with Crippen LogP contribution in [0.25, 0.3) is 0 Å². The number of aliphatic hydroxyl groups excluding tert-OH is 2. The fourth-order valence-electron chi connectivity index (χ4n) is 4.21. The van der Waals surface area contributed by atoms with Crippen molar-refractivity contribution in [3.8, 4) is 0 Å². The molecular formula is C18H32N2O2. The molecule has 126 valence electrons. The molecule has 0 heterocycles. The first-order chi connectivity index (χ1) is 10.0. The Bertz CT molecular complexity index is 435. The molecule has 4 atom stereocenters. The Balaban J connectivity index is 2.13. The van der Waals surface area contributed by atoms with E-state index in [9.17, 15) is 10.2 Å². The van der Waals surface area contributed by atoms with Gasteiger partial charge in [-0.2, -0.15) is 10.2 Å². The Morgan fingerprint density at radius 1 is 0.773 bits per heavy atom. The van der Waals surface area contributed by atoms with Gasteiger partial charge >= 0.3 is 0 Å². The van der Waals surface area contributed by atoms with Crippen LogP contribution in [0.5, 0.6) is 0 Å². The molecule has 2 fully saturated rings. The molecule has 0 aromatic carbocycles. The zero-order chi connectivity index (χ0) is 16.7. The molecule has 2 aliphatic carbocycles. The van der Waals surface area contributed by atoms with Crippen molar-refractivity contribution in [1.82, 2.24) is 0 Å². The van der Waals surface area contributed by atoms with Crippen LogP contribution in [0.15, 0.2) is 10.2 Å². The van der Waals surface area contributed by atoms with Gasteiger partial charge in [-0.3, -0.25) is 0 Å². The SMILES string of the molecule is CC1CC(=NN=C2CC(C)C(O)C(C)(C)C2)CC(C)(C)C1O. The summed E-state index contributed by atoms with van der Waals surface area (Å²) in [5.74, 6) is 0.456. The predicted octanol–water partition coefficient (Wildman–Crippen LogP) is 3.42. The highest BCUT2D eigenvalue weighted by atomic mass is 16.3. The van der Waals surface area contributed by atoms with Gasteiger partial charge in [0.15, 0.2) is 0 Å². The van der Waals surface area contributed by atoms with Crippen molar-refractivity contribution in [2.24, 2.45) is 32.9 Å². The van der Waals surface area contributed by atoms with E-state index in [4.69, 9.17) is 0 Å². The minimum absolute atomic E-state index is 0.133. The van der Waals surface area contributed by atoms with E-state index < -0.39 is 0 Å².